The first-order chi connectivity index (χ1) is 22.9. The van der Waals surface area contributed by atoms with Crippen LogP contribution in [0.25, 0.3) is 0 Å². The van der Waals surface area contributed by atoms with E-state index in [-0.39, 0.29) is 17.9 Å². The number of carbonyl (C=O) groups is 2. The third-order valence-electron chi connectivity index (χ3n) is 9.35. The Bertz CT molecular complexity index is 1610. The SMILES string of the molecule is CCCCC(=O)N1CCN([C@H]2c3ccc(Cl)cc3CCc3cc(Br)cnc32)C[C@@H]1C(=O)N(CCCn1ccnc1)Cc1ccccc1. The van der Waals surface area contributed by atoms with E-state index in [1.54, 1.807) is 12.5 Å². The zero-order valence-corrected chi connectivity index (χ0v) is 29.2. The summed E-state index contributed by atoms with van der Waals surface area (Å²) in [5.74, 6) is 0.0430. The molecule has 2 atom stereocenters. The molecule has 8 nitrogen and oxygen atoms in total. The molecule has 0 N–H and O–H groups in total. The van der Waals surface area contributed by atoms with Crippen molar-refractivity contribution >= 4 is 39.3 Å². The highest BCUT2D eigenvalue weighted by Gasteiger charge is 2.41. The summed E-state index contributed by atoms with van der Waals surface area (Å²) >= 11 is 10.1. The van der Waals surface area contributed by atoms with Crippen molar-refractivity contribution in [1.82, 2.24) is 29.2 Å². The molecule has 2 aromatic carbocycles. The first-order valence-electron chi connectivity index (χ1n) is 16.7. The fourth-order valence-corrected chi connectivity index (χ4v) is 7.52. The molecule has 0 saturated carbocycles. The topological polar surface area (TPSA) is 74.6 Å². The van der Waals surface area contributed by atoms with Gasteiger partial charge in [-0.05, 0) is 82.1 Å². The number of nitrogens with zero attached hydrogens (tertiary/aromatic N) is 6. The maximum atomic E-state index is 14.8. The fourth-order valence-electron chi connectivity index (χ4n) is 6.95. The monoisotopic (exact) mass is 716 g/mol. The van der Waals surface area contributed by atoms with Crippen LogP contribution in [0.15, 0.2) is 84.0 Å². The molecule has 1 aliphatic heterocycles. The molecule has 0 spiro atoms. The Morgan fingerprint density at radius 1 is 1.04 bits per heavy atom. The molecule has 6 rings (SSSR count). The summed E-state index contributed by atoms with van der Waals surface area (Å²) in [6.45, 7) is 5.46. The van der Waals surface area contributed by atoms with E-state index in [1.807, 2.05) is 51.0 Å². The minimum atomic E-state index is -0.608. The molecule has 1 saturated heterocycles. The molecule has 246 valence electrons. The number of fused-ring (bicyclic) bond motifs is 2. The Hall–Kier alpha value is -3.53. The first-order valence-corrected chi connectivity index (χ1v) is 17.8. The van der Waals surface area contributed by atoms with Crippen LogP contribution in [0.2, 0.25) is 5.02 Å². The molecule has 3 heterocycles. The summed E-state index contributed by atoms with van der Waals surface area (Å²) in [5.41, 5.74) is 5.63. The number of hydrogen-bond acceptors (Lipinski definition) is 5. The van der Waals surface area contributed by atoms with Gasteiger partial charge in [-0.3, -0.25) is 19.5 Å². The molecule has 10 heteroatoms. The lowest BCUT2D eigenvalue weighted by Crippen LogP contribution is -2.61. The van der Waals surface area contributed by atoms with Gasteiger partial charge in [-0.25, -0.2) is 4.98 Å². The first kappa shape index (κ1) is 33.4. The Balaban J connectivity index is 1.34. The van der Waals surface area contributed by atoms with Crippen molar-refractivity contribution < 1.29 is 9.59 Å². The number of imidazole rings is 1. The predicted octanol–water partition coefficient (Wildman–Crippen LogP) is 6.70. The summed E-state index contributed by atoms with van der Waals surface area (Å²) in [4.78, 5) is 43.9. The number of aryl methyl sites for hydroxylation is 3. The summed E-state index contributed by atoms with van der Waals surface area (Å²) in [7, 11) is 0. The average molecular weight is 718 g/mol. The Morgan fingerprint density at radius 2 is 1.87 bits per heavy atom. The van der Waals surface area contributed by atoms with E-state index in [0.29, 0.717) is 44.2 Å². The van der Waals surface area contributed by atoms with Crippen molar-refractivity contribution in [3.8, 4) is 0 Å². The predicted molar refractivity (Wildman–Crippen MR) is 188 cm³/mol. The van der Waals surface area contributed by atoms with Crippen molar-refractivity contribution in [2.75, 3.05) is 26.2 Å². The normalized spacial score (nSPS) is 17.9. The molecular formula is C37H42BrClN6O2. The Morgan fingerprint density at radius 3 is 2.66 bits per heavy atom. The van der Waals surface area contributed by atoms with Crippen molar-refractivity contribution in [1.29, 1.82) is 0 Å². The summed E-state index contributed by atoms with van der Waals surface area (Å²) in [6, 6.07) is 17.7. The quantitative estimate of drug-likeness (QED) is 0.173. The van der Waals surface area contributed by atoms with Crippen LogP contribution >= 0.6 is 27.5 Å². The standard InChI is InChI=1S/C37H42BrClN6O2/c1-2-3-10-34(46)45-20-19-43(36-32-14-13-31(39)22-28(32)11-12-29-21-30(38)23-41-35(29)36)25-33(45)37(47)44(24-27-8-5-4-6-9-27)17-7-16-42-18-15-40-26-42/h4-6,8-9,13-15,18,21-23,26,33,36H,2-3,7,10-12,16-17,19-20,24-25H2,1H3/t33-,36+/m1/s1. The lowest BCUT2D eigenvalue weighted by Gasteiger charge is -2.45. The van der Waals surface area contributed by atoms with Gasteiger partial charge in [-0.1, -0.05) is 61.3 Å². The molecule has 0 bridgehead atoms. The summed E-state index contributed by atoms with van der Waals surface area (Å²) in [5, 5.41) is 0.717. The number of carbonyl (C=O) groups excluding carboxylic acids is 2. The van der Waals surface area contributed by atoms with Crippen LogP contribution in [0.1, 0.15) is 66.6 Å². The van der Waals surface area contributed by atoms with Gasteiger partial charge in [0.15, 0.2) is 0 Å². The largest absolute Gasteiger partial charge is 0.337 e. The van der Waals surface area contributed by atoms with Gasteiger partial charge in [-0.2, -0.15) is 0 Å². The number of piperazine rings is 1. The van der Waals surface area contributed by atoms with Crippen molar-refractivity contribution in [2.45, 2.75) is 70.6 Å². The maximum Gasteiger partial charge on any atom is 0.247 e. The number of aromatic nitrogens is 3. The third kappa shape index (κ3) is 7.96. The van der Waals surface area contributed by atoms with Gasteiger partial charge in [0.25, 0.3) is 0 Å². The van der Waals surface area contributed by atoms with Gasteiger partial charge >= 0.3 is 0 Å². The van der Waals surface area contributed by atoms with E-state index in [9.17, 15) is 9.59 Å². The van der Waals surface area contributed by atoms with Gasteiger partial charge in [0.2, 0.25) is 11.8 Å². The highest BCUT2D eigenvalue weighted by Crippen LogP contribution is 2.39. The average Bonchev–Trinajstić information content (AvgIpc) is 3.55. The number of pyridine rings is 1. The second kappa shape index (κ2) is 15.6. The number of benzene rings is 2. The lowest BCUT2D eigenvalue weighted by atomic mass is 9.94. The van der Waals surface area contributed by atoms with Crippen molar-refractivity contribution in [3.63, 3.8) is 0 Å². The minimum Gasteiger partial charge on any atom is -0.337 e. The van der Waals surface area contributed by atoms with Crippen LogP contribution in [0.4, 0.5) is 0 Å². The highest BCUT2D eigenvalue weighted by atomic mass is 79.9. The molecular weight excluding hydrogens is 676 g/mol. The maximum absolute atomic E-state index is 14.8. The fraction of sp³-hybridized carbons (Fsp3) is 0.405. The molecule has 2 aromatic heterocycles. The number of unbranched alkanes of at least 4 members (excludes halogenated alkanes) is 1. The van der Waals surface area contributed by atoms with E-state index < -0.39 is 6.04 Å². The highest BCUT2D eigenvalue weighted by molar-refractivity contribution is 9.10. The Kier molecular flexibility index (Phi) is 11.1. The third-order valence-corrected chi connectivity index (χ3v) is 10.0. The molecule has 2 aliphatic rings. The zero-order valence-electron chi connectivity index (χ0n) is 26.9. The summed E-state index contributed by atoms with van der Waals surface area (Å²) < 4.78 is 2.98. The molecule has 0 radical (unpaired) electrons. The van der Waals surface area contributed by atoms with E-state index in [4.69, 9.17) is 16.6 Å². The molecule has 4 aromatic rings. The molecule has 2 amide bonds. The smallest absolute Gasteiger partial charge is 0.247 e. The molecule has 47 heavy (non-hydrogen) atoms. The summed E-state index contributed by atoms with van der Waals surface area (Å²) in [6.07, 6.45) is 12.1. The van der Waals surface area contributed by atoms with Gasteiger partial charge in [-0.15, -0.1) is 0 Å². The van der Waals surface area contributed by atoms with Crippen molar-refractivity contribution in [2.24, 2.45) is 0 Å². The van der Waals surface area contributed by atoms with Crippen LogP contribution in [-0.4, -0.2) is 73.3 Å². The van der Waals surface area contributed by atoms with Crippen LogP contribution in [0.5, 0.6) is 0 Å². The van der Waals surface area contributed by atoms with Gasteiger partial charge < -0.3 is 14.4 Å². The van der Waals surface area contributed by atoms with E-state index in [2.05, 4.69) is 63.1 Å². The van der Waals surface area contributed by atoms with Crippen LogP contribution in [0, 0.1) is 0 Å². The van der Waals surface area contributed by atoms with Gasteiger partial charge in [0.05, 0.1) is 18.1 Å². The second-order valence-corrected chi connectivity index (χ2v) is 13.9. The number of hydrogen-bond donors (Lipinski definition) is 0. The van der Waals surface area contributed by atoms with Crippen LogP contribution in [0.3, 0.4) is 0 Å². The van der Waals surface area contributed by atoms with Gasteiger partial charge in [0, 0.05) is 73.8 Å². The van der Waals surface area contributed by atoms with Crippen LogP contribution < -0.4 is 0 Å². The lowest BCUT2D eigenvalue weighted by molar-refractivity contribution is -0.150. The second-order valence-electron chi connectivity index (χ2n) is 12.5. The van der Waals surface area contributed by atoms with Crippen LogP contribution in [-0.2, 0) is 35.5 Å². The number of halogens is 2. The molecule has 0 unspecified atom stereocenters. The zero-order chi connectivity index (χ0) is 32.8. The number of rotatable bonds is 11. The van der Waals surface area contributed by atoms with E-state index >= 15 is 0 Å². The van der Waals surface area contributed by atoms with E-state index in [1.165, 1.54) is 16.7 Å². The van der Waals surface area contributed by atoms with Crippen molar-refractivity contribution in [3.05, 3.63) is 117 Å². The Labute approximate surface area is 290 Å². The minimum absolute atomic E-state index is 0.0111. The molecule has 1 aliphatic carbocycles. The van der Waals surface area contributed by atoms with Gasteiger partial charge in [0.1, 0.15) is 6.04 Å². The van der Waals surface area contributed by atoms with E-state index in [0.717, 1.165) is 54.4 Å². The number of amides is 2. The molecule has 1 fully saturated rings.